The second-order valence-electron chi connectivity index (χ2n) is 6.82. The van der Waals surface area contributed by atoms with E-state index in [-0.39, 0.29) is 11.5 Å². The predicted molar refractivity (Wildman–Crippen MR) is 110 cm³/mol. The van der Waals surface area contributed by atoms with Gasteiger partial charge in [0, 0.05) is 38.4 Å². The van der Waals surface area contributed by atoms with E-state index in [9.17, 15) is 9.59 Å². The Balaban J connectivity index is 1.38. The SMILES string of the molecule is O=C(CN1CCN(C/C=C/c2ccccc2)CC1)Nc1ccc(C(=O)O)cc1. The molecule has 0 aliphatic carbocycles. The van der Waals surface area contributed by atoms with Crippen LogP contribution in [0.2, 0.25) is 0 Å². The fourth-order valence-electron chi connectivity index (χ4n) is 3.13. The molecule has 0 bridgehead atoms. The van der Waals surface area contributed by atoms with Crippen molar-refractivity contribution >= 4 is 23.6 Å². The highest BCUT2D eigenvalue weighted by atomic mass is 16.4. The molecule has 1 aliphatic rings. The van der Waals surface area contributed by atoms with Crippen molar-refractivity contribution in [3.05, 3.63) is 71.8 Å². The van der Waals surface area contributed by atoms with Gasteiger partial charge in [-0.25, -0.2) is 4.79 Å². The maximum absolute atomic E-state index is 12.2. The van der Waals surface area contributed by atoms with Gasteiger partial charge in [-0.2, -0.15) is 0 Å². The van der Waals surface area contributed by atoms with Crippen LogP contribution in [0.1, 0.15) is 15.9 Å². The largest absolute Gasteiger partial charge is 0.478 e. The van der Waals surface area contributed by atoms with Gasteiger partial charge in [0.25, 0.3) is 0 Å². The maximum Gasteiger partial charge on any atom is 0.335 e. The molecule has 1 saturated heterocycles. The zero-order chi connectivity index (χ0) is 19.8. The van der Waals surface area contributed by atoms with Crippen LogP contribution >= 0.6 is 0 Å². The van der Waals surface area contributed by atoms with Crippen LogP contribution in [0.5, 0.6) is 0 Å². The van der Waals surface area contributed by atoms with Crippen molar-refractivity contribution in [1.82, 2.24) is 9.80 Å². The van der Waals surface area contributed by atoms with Crippen LogP contribution in [-0.2, 0) is 4.79 Å². The van der Waals surface area contributed by atoms with Crippen molar-refractivity contribution in [1.29, 1.82) is 0 Å². The molecule has 0 aromatic heterocycles. The Bertz CT molecular complexity index is 811. The molecule has 0 unspecified atom stereocenters. The molecule has 146 valence electrons. The summed E-state index contributed by atoms with van der Waals surface area (Å²) < 4.78 is 0. The summed E-state index contributed by atoms with van der Waals surface area (Å²) in [7, 11) is 0. The van der Waals surface area contributed by atoms with E-state index in [2.05, 4.69) is 39.4 Å². The first-order valence-corrected chi connectivity index (χ1v) is 9.40. The number of carbonyl (C=O) groups excluding carboxylic acids is 1. The number of carboxylic acid groups (broad SMARTS) is 1. The number of hydrogen-bond acceptors (Lipinski definition) is 4. The summed E-state index contributed by atoms with van der Waals surface area (Å²) in [6.07, 6.45) is 4.31. The number of nitrogens with one attached hydrogen (secondary N) is 1. The van der Waals surface area contributed by atoms with Crippen LogP contribution in [-0.4, -0.2) is 66.1 Å². The van der Waals surface area contributed by atoms with E-state index in [4.69, 9.17) is 5.11 Å². The number of carbonyl (C=O) groups is 2. The Morgan fingerprint density at radius 2 is 1.57 bits per heavy atom. The van der Waals surface area contributed by atoms with Crippen molar-refractivity contribution in [3.63, 3.8) is 0 Å². The van der Waals surface area contributed by atoms with Gasteiger partial charge in [-0.15, -0.1) is 0 Å². The minimum absolute atomic E-state index is 0.0829. The fourth-order valence-corrected chi connectivity index (χ4v) is 3.13. The highest BCUT2D eigenvalue weighted by Crippen LogP contribution is 2.10. The molecule has 3 rings (SSSR count). The molecule has 1 fully saturated rings. The molecule has 2 aromatic carbocycles. The van der Waals surface area contributed by atoms with E-state index in [1.54, 1.807) is 12.1 Å². The van der Waals surface area contributed by atoms with Crippen molar-refractivity contribution in [2.75, 3.05) is 44.6 Å². The second-order valence-corrected chi connectivity index (χ2v) is 6.82. The van der Waals surface area contributed by atoms with Gasteiger partial charge >= 0.3 is 5.97 Å². The minimum Gasteiger partial charge on any atom is -0.478 e. The topological polar surface area (TPSA) is 72.9 Å². The van der Waals surface area contributed by atoms with Crippen LogP contribution < -0.4 is 5.32 Å². The van der Waals surface area contributed by atoms with Crippen molar-refractivity contribution < 1.29 is 14.7 Å². The monoisotopic (exact) mass is 379 g/mol. The first-order chi connectivity index (χ1) is 13.6. The molecule has 28 heavy (non-hydrogen) atoms. The minimum atomic E-state index is -0.977. The summed E-state index contributed by atoms with van der Waals surface area (Å²) in [6, 6.07) is 16.4. The van der Waals surface area contributed by atoms with Gasteiger partial charge < -0.3 is 10.4 Å². The lowest BCUT2D eigenvalue weighted by molar-refractivity contribution is -0.117. The summed E-state index contributed by atoms with van der Waals surface area (Å²) in [6.45, 7) is 4.81. The summed E-state index contributed by atoms with van der Waals surface area (Å²) in [5.74, 6) is -1.06. The van der Waals surface area contributed by atoms with E-state index in [0.29, 0.717) is 12.2 Å². The van der Waals surface area contributed by atoms with Gasteiger partial charge in [0.05, 0.1) is 12.1 Å². The van der Waals surface area contributed by atoms with Gasteiger partial charge in [-0.1, -0.05) is 42.5 Å². The molecule has 2 aromatic rings. The summed E-state index contributed by atoms with van der Waals surface area (Å²) in [5.41, 5.74) is 2.02. The number of amides is 1. The van der Waals surface area contributed by atoms with Crippen LogP contribution in [0.4, 0.5) is 5.69 Å². The molecular weight excluding hydrogens is 354 g/mol. The number of anilines is 1. The van der Waals surface area contributed by atoms with Crippen LogP contribution in [0, 0.1) is 0 Å². The van der Waals surface area contributed by atoms with Crippen molar-refractivity contribution in [3.8, 4) is 0 Å². The van der Waals surface area contributed by atoms with Crippen LogP contribution in [0.15, 0.2) is 60.7 Å². The Morgan fingerprint density at radius 1 is 0.929 bits per heavy atom. The lowest BCUT2D eigenvalue weighted by atomic mass is 10.2. The second kappa shape index (κ2) is 9.82. The fraction of sp³-hybridized carbons (Fsp3) is 0.273. The maximum atomic E-state index is 12.2. The number of aromatic carboxylic acids is 1. The highest BCUT2D eigenvalue weighted by Gasteiger charge is 2.18. The summed E-state index contributed by atoms with van der Waals surface area (Å²) in [4.78, 5) is 27.6. The third kappa shape index (κ3) is 6.04. The van der Waals surface area contributed by atoms with Gasteiger partial charge in [-0.3, -0.25) is 14.6 Å². The van der Waals surface area contributed by atoms with E-state index in [0.717, 1.165) is 32.7 Å². The smallest absolute Gasteiger partial charge is 0.335 e. The number of hydrogen-bond donors (Lipinski definition) is 2. The standard InChI is InChI=1S/C22H25N3O3/c26-21(23-20-10-8-19(9-11-20)22(27)28)17-25-15-13-24(14-16-25)12-4-7-18-5-2-1-3-6-18/h1-11H,12-17H2,(H,23,26)(H,27,28)/b7-4+. The first-order valence-electron chi connectivity index (χ1n) is 9.40. The van der Waals surface area contributed by atoms with Gasteiger partial charge in [0.1, 0.15) is 0 Å². The molecular formula is C22H25N3O3. The molecule has 0 radical (unpaired) electrons. The molecule has 0 atom stereocenters. The first kappa shape index (κ1) is 19.8. The molecule has 1 heterocycles. The molecule has 2 N–H and O–H groups in total. The number of benzene rings is 2. The van der Waals surface area contributed by atoms with Crippen molar-refractivity contribution in [2.24, 2.45) is 0 Å². The van der Waals surface area contributed by atoms with Crippen LogP contribution in [0.25, 0.3) is 6.08 Å². The van der Waals surface area contributed by atoms with Gasteiger partial charge in [-0.05, 0) is 29.8 Å². The summed E-state index contributed by atoms with van der Waals surface area (Å²) in [5, 5.41) is 11.7. The Labute approximate surface area is 165 Å². The van der Waals surface area contributed by atoms with E-state index in [1.165, 1.54) is 17.7 Å². The third-order valence-corrected chi connectivity index (χ3v) is 4.72. The average Bonchev–Trinajstić information content (AvgIpc) is 2.70. The van der Waals surface area contributed by atoms with E-state index in [1.807, 2.05) is 18.2 Å². The number of rotatable bonds is 7. The molecule has 6 heteroatoms. The molecule has 1 aliphatic heterocycles. The molecule has 0 saturated carbocycles. The third-order valence-electron chi connectivity index (χ3n) is 4.72. The highest BCUT2D eigenvalue weighted by molar-refractivity contribution is 5.93. The van der Waals surface area contributed by atoms with Crippen LogP contribution in [0.3, 0.4) is 0 Å². The molecule has 0 spiro atoms. The van der Waals surface area contributed by atoms with E-state index >= 15 is 0 Å². The lowest BCUT2D eigenvalue weighted by Crippen LogP contribution is -2.48. The summed E-state index contributed by atoms with van der Waals surface area (Å²) >= 11 is 0. The number of carboxylic acids is 1. The van der Waals surface area contributed by atoms with Gasteiger partial charge in [0.2, 0.25) is 5.91 Å². The number of piperazine rings is 1. The molecule has 6 nitrogen and oxygen atoms in total. The Morgan fingerprint density at radius 3 is 2.21 bits per heavy atom. The zero-order valence-electron chi connectivity index (χ0n) is 15.8. The van der Waals surface area contributed by atoms with Gasteiger partial charge in [0.15, 0.2) is 0 Å². The zero-order valence-corrected chi connectivity index (χ0v) is 15.8. The predicted octanol–water partition coefficient (Wildman–Crippen LogP) is 2.65. The Hall–Kier alpha value is -2.96. The lowest BCUT2D eigenvalue weighted by Gasteiger charge is -2.33. The normalized spacial score (nSPS) is 15.6. The quantitative estimate of drug-likeness (QED) is 0.774. The average molecular weight is 379 g/mol. The van der Waals surface area contributed by atoms with Crippen molar-refractivity contribution in [2.45, 2.75) is 0 Å². The number of nitrogens with zero attached hydrogens (tertiary/aromatic N) is 2. The Kier molecular flexibility index (Phi) is 6.94. The molecule has 1 amide bonds. The van der Waals surface area contributed by atoms with E-state index < -0.39 is 5.97 Å².